The zero-order chi connectivity index (χ0) is 11.5. The van der Waals surface area contributed by atoms with E-state index in [9.17, 15) is 5.11 Å². The van der Waals surface area contributed by atoms with Crippen LogP contribution < -0.4 is 5.73 Å². The van der Waals surface area contributed by atoms with Gasteiger partial charge >= 0.3 is 0 Å². The number of rotatable bonds is 4. The van der Waals surface area contributed by atoms with Gasteiger partial charge in [0, 0.05) is 6.54 Å². The number of nitrogens with two attached hydrogens (primary N) is 1. The monoisotopic (exact) mass is 227 g/mol. The maximum Gasteiger partial charge on any atom is 0.0820 e. The van der Waals surface area contributed by atoms with Crippen molar-refractivity contribution < 1.29 is 5.11 Å². The Morgan fingerprint density at radius 2 is 2.07 bits per heavy atom. The second kappa shape index (κ2) is 4.64. The molecule has 0 aliphatic carbocycles. The molecule has 0 spiro atoms. The van der Waals surface area contributed by atoms with Crippen molar-refractivity contribution >= 4 is 11.3 Å². The lowest BCUT2D eigenvalue weighted by atomic mass is 9.73. The Morgan fingerprint density at radius 1 is 1.40 bits per heavy atom. The minimum Gasteiger partial charge on any atom is -0.388 e. The molecule has 86 valence electrons. The van der Waals surface area contributed by atoms with Crippen molar-refractivity contribution in [2.75, 3.05) is 6.54 Å². The largest absolute Gasteiger partial charge is 0.388 e. The summed E-state index contributed by atoms with van der Waals surface area (Å²) in [7, 11) is 0. The third-order valence-electron chi connectivity index (χ3n) is 3.14. The lowest BCUT2D eigenvalue weighted by Crippen LogP contribution is -2.49. The number of aryl methyl sites for hydroxylation is 1. The van der Waals surface area contributed by atoms with Crippen LogP contribution in [0.1, 0.15) is 32.8 Å². The fourth-order valence-electron chi connectivity index (χ4n) is 1.57. The normalized spacial score (nSPS) is 16.3. The lowest BCUT2D eigenvalue weighted by Gasteiger charge is -2.39. The molecule has 0 amide bonds. The first-order valence-electron chi connectivity index (χ1n) is 5.32. The highest BCUT2D eigenvalue weighted by Gasteiger charge is 2.38. The molecule has 1 heterocycles. The van der Waals surface area contributed by atoms with Crippen LogP contribution in [0, 0.1) is 5.41 Å². The van der Waals surface area contributed by atoms with Crippen LogP contribution in [0.5, 0.6) is 0 Å². The van der Waals surface area contributed by atoms with Crippen LogP contribution in [0.25, 0.3) is 0 Å². The Balaban J connectivity index is 2.62. The highest BCUT2D eigenvalue weighted by molar-refractivity contribution is 7.07. The molecule has 0 saturated carbocycles. The van der Waals surface area contributed by atoms with E-state index < -0.39 is 5.60 Å². The predicted molar refractivity (Wildman–Crippen MR) is 66.1 cm³/mol. The molecule has 3 heteroatoms. The quantitative estimate of drug-likeness (QED) is 0.830. The Bertz CT molecular complexity index is 289. The number of thiophene rings is 1. The molecule has 1 atom stereocenters. The van der Waals surface area contributed by atoms with Crippen LogP contribution in [-0.4, -0.2) is 17.3 Å². The van der Waals surface area contributed by atoms with E-state index in [0.29, 0.717) is 6.54 Å². The molecule has 2 nitrogen and oxygen atoms in total. The van der Waals surface area contributed by atoms with Gasteiger partial charge in [-0.25, -0.2) is 0 Å². The second-order valence-electron chi connectivity index (χ2n) is 5.12. The summed E-state index contributed by atoms with van der Waals surface area (Å²) < 4.78 is 0. The maximum atomic E-state index is 10.4. The molecule has 1 unspecified atom stereocenters. The van der Waals surface area contributed by atoms with Crippen LogP contribution >= 0.6 is 11.3 Å². The van der Waals surface area contributed by atoms with Gasteiger partial charge in [0.15, 0.2) is 0 Å². The molecular formula is C12H21NOS. The average molecular weight is 227 g/mol. The summed E-state index contributed by atoms with van der Waals surface area (Å²) in [5, 5.41) is 14.6. The Hall–Kier alpha value is -0.380. The smallest absolute Gasteiger partial charge is 0.0820 e. The third-order valence-corrected chi connectivity index (χ3v) is 3.87. The molecule has 1 rings (SSSR count). The molecule has 1 aromatic rings. The summed E-state index contributed by atoms with van der Waals surface area (Å²) in [6, 6.07) is 2.10. The van der Waals surface area contributed by atoms with Crippen molar-refractivity contribution in [3.63, 3.8) is 0 Å². The average Bonchev–Trinajstić information content (AvgIpc) is 2.64. The highest BCUT2D eigenvalue weighted by atomic mass is 32.1. The van der Waals surface area contributed by atoms with Crippen molar-refractivity contribution in [3.05, 3.63) is 22.4 Å². The number of hydrogen-bond donors (Lipinski definition) is 2. The van der Waals surface area contributed by atoms with E-state index in [-0.39, 0.29) is 5.41 Å². The molecule has 0 aromatic carbocycles. The summed E-state index contributed by atoms with van der Waals surface area (Å²) in [6.07, 6.45) is 1.62. The first kappa shape index (κ1) is 12.7. The van der Waals surface area contributed by atoms with Gasteiger partial charge in [-0.05, 0) is 40.6 Å². The molecular weight excluding hydrogens is 206 g/mol. The standard InChI is InChI=1S/C12H21NOS/c1-11(2,3)12(14,9-13)6-4-10-5-7-15-8-10/h5,7-8,14H,4,6,9,13H2,1-3H3. The van der Waals surface area contributed by atoms with E-state index >= 15 is 0 Å². The minimum absolute atomic E-state index is 0.169. The van der Waals surface area contributed by atoms with Gasteiger partial charge < -0.3 is 10.8 Å². The Labute approximate surface area is 96.1 Å². The van der Waals surface area contributed by atoms with E-state index in [1.165, 1.54) is 5.56 Å². The second-order valence-corrected chi connectivity index (χ2v) is 5.90. The third kappa shape index (κ3) is 3.03. The first-order chi connectivity index (χ1) is 6.89. The molecule has 0 saturated heterocycles. The molecule has 3 N–H and O–H groups in total. The molecule has 0 aliphatic heterocycles. The Kier molecular flexibility index (Phi) is 3.93. The molecule has 0 radical (unpaired) electrons. The summed E-state index contributed by atoms with van der Waals surface area (Å²) in [4.78, 5) is 0. The van der Waals surface area contributed by atoms with Crippen molar-refractivity contribution in [1.29, 1.82) is 0 Å². The predicted octanol–water partition coefficient (Wildman–Crippen LogP) is 2.42. The molecule has 0 aliphatic rings. The van der Waals surface area contributed by atoms with Crippen molar-refractivity contribution in [2.24, 2.45) is 11.1 Å². The van der Waals surface area contributed by atoms with Crippen molar-refractivity contribution in [3.8, 4) is 0 Å². The fourth-order valence-corrected chi connectivity index (χ4v) is 2.27. The Morgan fingerprint density at radius 3 is 2.47 bits per heavy atom. The van der Waals surface area contributed by atoms with E-state index in [1.54, 1.807) is 11.3 Å². The van der Waals surface area contributed by atoms with Gasteiger partial charge in [0.1, 0.15) is 0 Å². The van der Waals surface area contributed by atoms with Crippen LogP contribution in [0.3, 0.4) is 0 Å². The maximum absolute atomic E-state index is 10.4. The topological polar surface area (TPSA) is 46.2 Å². The van der Waals surface area contributed by atoms with Crippen LogP contribution in [0.15, 0.2) is 16.8 Å². The van der Waals surface area contributed by atoms with Gasteiger partial charge in [0.25, 0.3) is 0 Å². The molecule has 0 fully saturated rings. The highest BCUT2D eigenvalue weighted by Crippen LogP contribution is 2.33. The van der Waals surface area contributed by atoms with Crippen molar-refractivity contribution in [1.82, 2.24) is 0 Å². The van der Waals surface area contributed by atoms with E-state index in [1.807, 2.05) is 20.8 Å². The number of hydrogen-bond acceptors (Lipinski definition) is 3. The van der Waals surface area contributed by atoms with Gasteiger partial charge in [-0.3, -0.25) is 0 Å². The molecule has 0 bridgehead atoms. The van der Waals surface area contributed by atoms with Gasteiger partial charge in [-0.15, -0.1) is 0 Å². The van der Waals surface area contributed by atoms with Gasteiger partial charge in [-0.2, -0.15) is 11.3 Å². The lowest BCUT2D eigenvalue weighted by molar-refractivity contribution is -0.0559. The van der Waals surface area contributed by atoms with Gasteiger partial charge in [-0.1, -0.05) is 20.8 Å². The van der Waals surface area contributed by atoms with Crippen LogP contribution in [-0.2, 0) is 6.42 Å². The molecule has 1 aromatic heterocycles. The zero-order valence-electron chi connectivity index (χ0n) is 9.79. The summed E-state index contributed by atoms with van der Waals surface area (Å²) in [6.45, 7) is 6.43. The molecule has 15 heavy (non-hydrogen) atoms. The van der Waals surface area contributed by atoms with Crippen LogP contribution in [0.4, 0.5) is 0 Å². The SMILES string of the molecule is CC(C)(C)C(O)(CN)CCc1ccsc1. The summed E-state index contributed by atoms with van der Waals surface area (Å²) in [5.41, 5.74) is 6.04. The van der Waals surface area contributed by atoms with E-state index in [0.717, 1.165) is 12.8 Å². The number of aliphatic hydroxyl groups is 1. The van der Waals surface area contributed by atoms with E-state index in [4.69, 9.17) is 5.73 Å². The van der Waals surface area contributed by atoms with Gasteiger partial charge in [0.05, 0.1) is 5.60 Å². The van der Waals surface area contributed by atoms with Crippen molar-refractivity contribution in [2.45, 2.75) is 39.2 Å². The minimum atomic E-state index is -0.769. The summed E-state index contributed by atoms with van der Waals surface area (Å²) in [5.74, 6) is 0. The fraction of sp³-hybridized carbons (Fsp3) is 0.667. The van der Waals surface area contributed by atoms with E-state index in [2.05, 4.69) is 16.8 Å². The van der Waals surface area contributed by atoms with Gasteiger partial charge in [0.2, 0.25) is 0 Å². The zero-order valence-corrected chi connectivity index (χ0v) is 10.6. The van der Waals surface area contributed by atoms with Crippen LogP contribution in [0.2, 0.25) is 0 Å². The first-order valence-corrected chi connectivity index (χ1v) is 6.27. The summed E-state index contributed by atoms with van der Waals surface area (Å²) >= 11 is 1.69.